The molecule has 0 fully saturated rings. The second-order valence-corrected chi connectivity index (χ2v) is 3.50. The van der Waals surface area contributed by atoms with Crippen LogP contribution in [0.25, 0.3) is 0 Å². The fourth-order valence-electron chi connectivity index (χ4n) is 1.55. The van der Waals surface area contributed by atoms with Crippen molar-refractivity contribution in [1.82, 2.24) is 0 Å². The third kappa shape index (κ3) is 1.11. The Morgan fingerprint density at radius 2 is 2.27 bits per heavy atom. The van der Waals surface area contributed by atoms with Gasteiger partial charge in [-0.15, -0.1) is 12.6 Å². The average molecular weight is 165 g/mol. The summed E-state index contributed by atoms with van der Waals surface area (Å²) in [5.41, 5.74) is 2.79. The van der Waals surface area contributed by atoms with Gasteiger partial charge in [0, 0.05) is 24.2 Å². The van der Waals surface area contributed by atoms with Crippen molar-refractivity contribution in [3.8, 4) is 0 Å². The van der Waals surface area contributed by atoms with E-state index in [1.807, 2.05) is 6.07 Å². The Morgan fingerprint density at radius 1 is 1.45 bits per heavy atom. The molecule has 1 aromatic rings. The summed E-state index contributed by atoms with van der Waals surface area (Å²) in [6.45, 7) is 1.15. The average Bonchev–Trinajstić information content (AvgIpc) is 2.32. The molecule has 0 aromatic heterocycles. The van der Waals surface area contributed by atoms with Crippen molar-refractivity contribution in [2.24, 2.45) is 0 Å². The lowest BCUT2D eigenvalue weighted by molar-refractivity contribution is 0.956. The molecule has 0 saturated heterocycles. The van der Waals surface area contributed by atoms with Gasteiger partial charge < -0.3 is 4.90 Å². The quantitative estimate of drug-likeness (QED) is 0.575. The van der Waals surface area contributed by atoms with Gasteiger partial charge >= 0.3 is 0 Å². The monoisotopic (exact) mass is 165 g/mol. The third-order valence-electron chi connectivity index (χ3n) is 2.19. The number of anilines is 1. The molecule has 2 rings (SSSR count). The van der Waals surface area contributed by atoms with Crippen LogP contribution in [-0.2, 0) is 6.42 Å². The Kier molecular flexibility index (Phi) is 1.57. The smallest absolute Gasteiger partial charge is 0.0397 e. The maximum Gasteiger partial charge on any atom is 0.0397 e. The zero-order valence-electron chi connectivity index (χ0n) is 6.54. The Hall–Kier alpha value is -0.630. The lowest BCUT2D eigenvalue weighted by atomic mass is 10.2. The van der Waals surface area contributed by atoms with Crippen molar-refractivity contribution in [2.75, 3.05) is 18.5 Å². The number of hydrogen-bond donors (Lipinski definition) is 1. The van der Waals surface area contributed by atoms with Gasteiger partial charge in [-0.05, 0) is 30.2 Å². The van der Waals surface area contributed by atoms with Crippen molar-refractivity contribution >= 4 is 18.3 Å². The summed E-state index contributed by atoms with van der Waals surface area (Å²) in [5, 5.41) is 0. The number of nitrogens with zero attached hydrogens (tertiary/aromatic N) is 1. The van der Waals surface area contributed by atoms with E-state index < -0.39 is 0 Å². The van der Waals surface area contributed by atoms with E-state index in [0.717, 1.165) is 11.4 Å². The summed E-state index contributed by atoms with van der Waals surface area (Å²) in [7, 11) is 2.13. The predicted molar refractivity (Wildman–Crippen MR) is 50.7 cm³/mol. The lowest BCUT2D eigenvalue weighted by Gasteiger charge is -2.10. The second-order valence-electron chi connectivity index (χ2n) is 2.98. The van der Waals surface area contributed by atoms with E-state index in [1.54, 1.807) is 0 Å². The van der Waals surface area contributed by atoms with Crippen molar-refractivity contribution in [2.45, 2.75) is 11.3 Å². The molecule has 1 aliphatic rings. The predicted octanol–water partition coefficient (Wildman–Crippen LogP) is 1.97. The minimum atomic E-state index is 1.07. The molecule has 0 bridgehead atoms. The topological polar surface area (TPSA) is 3.24 Å². The van der Waals surface area contributed by atoms with Crippen molar-refractivity contribution in [1.29, 1.82) is 0 Å². The van der Waals surface area contributed by atoms with Gasteiger partial charge in [-0.3, -0.25) is 0 Å². The molecule has 58 valence electrons. The summed E-state index contributed by atoms with van der Waals surface area (Å²) in [4.78, 5) is 3.35. The number of thiol groups is 1. The minimum absolute atomic E-state index is 1.07. The zero-order valence-corrected chi connectivity index (χ0v) is 7.44. The van der Waals surface area contributed by atoms with Crippen LogP contribution in [0.15, 0.2) is 23.1 Å². The van der Waals surface area contributed by atoms with Crippen molar-refractivity contribution in [3.63, 3.8) is 0 Å². The Labute approximate surface area is 72.4 Å². The normalized spacial score (nSPS) is 15.3. The van der Waals surface area contributed by atoms with Gasteiger partial charge in [-0.25, -0.2) is 0 Å². The van der Waals surface area contributed by atoms with Gasteiger partial charge in [0.05, 0.1) is 0 Å². The second kappa shape index (κ2) is 2.45. The SMILES string of the molecule is CN1CCc2cc(S)ccc21. The first-order chi connectivity index (χ1) is 5.27. The molecular weight excluding hydrogens is 154 g/mol. The summed E-state index contributed by atoms with van der Waals surface area (Å²) in [6.07, 6.45) is 1.17. The molecule has 0 radical (unpaired) electrons. The minimum Gasteiger partial charge on any atom is -0.374 e. The van der Waals surface area contributed by atoms with E-state index in [9.17, 15) is 0 Å². The molecule has 0 spiro atoms. The highest BCUT2D eigenvalue weighted by atomic mass is 32.1. The summed E-state index contributed by atoms with van der Waals surface area (Å²) in [5.74, 6) is 0. The van der Waals surface area contributed by atoms with Crippen LogP contribution in [0, 0.1) is 0 Å². The number of fused-ring (bicyclic) bond motifs is 1. The maximum atomic E-state index is 4.29. The first kappa shape index (κ1) is 7.04. The van der Waals surface area contributed by atoms with Crippen LogP contribution < -0.4 is 4.90 Å². The van der Waals surface area contributed by atoms with Crippen LogP contribution in [0.2, 0.25) is 0 Å². The van der Waals surface area contributed by atoms with E-state index in [4.69, 9.17) is 0 Å². The van der Waals surface area contributed by atoms with E-state index in [0.29, 0.717) is 0 Å². The lowest BCUT2D eigenvalue weighted by Crippen LogP contribution is -2.12. The highest BCUT2D eigenvalue weighted by Gasteiger charge is 2.14. The summed E-state index contributed by atoms with van der Waals surface area (Å²) in [6, 6.07) is 6.34. The van der Waals surface area contributed by atoms with Gasteiger partial charge in [-0.1, -0.05) is 0 Å². The fraction of sp³-hybridized carbons (Fsp3) is 0.333. The molecule has 0 aliphatic carbocycles. The third-order valence-corrected chi connectivity index (χ3v) is 2.47. The molecule has 0 unspecified atom stereocenters. The number of hydrogen-bond acceptors (Lipinski definition) is 2. The van der Waals surface area contributed by atoms with Crippen molar-refractivity contribution < 1.29 is 0 Å². The molecule has 1 nitrogen and oxygen atoms in total. The summed E-state index contributed by atoms with van der Waals surface area (Å²) >= 11 is 4.29. The van der Waals surface area contributed by atoms with E-state index in [2.05, 4.69) is 36.7 Å². The van der Waals surface area contributed by atoms with E-state index in [-0.39, 0.29) is 0 Å². The zero-order chi connectivity index (χ0) is 7.84. The van der Waals surface area contributed by atoms with E-state index in [1.165, 1.54) is 17.7 Å². The van der Waals surface area contributed by atoms with Gasteiger partial charge in [-0.2, -0.15) is 0 Å². The van der Waals surface area contributed by atoms with Gasteiger partial charge in [0.25, 0.3) is 0 Å². The van der Waals surface area contributed by atoms with Crippen LogP contribution >= 0.6 is 12.6 Å². The van der Waals surface area contributed by atoms with Crippen LogP contribution in [0.5, 0.6) is 0 Å². The Bertz CT molecular complexity index is 283. The molecule has 1 aromatic carbocycles. The number of likely N-dealkylation sites (N-methyl/N-ethyl adjacent to an activating group) is 1. The highest BCUT2D eigenvalue weighted by Crippen LogP contribution is 2.28. The maximum absolute atomic E-state index is 4.29. The molecular formula is C9H11NS. The molecule has 1 aliphatic heterocycles. The number of rotatable bonds is 0. The molecule has 2 heteroatoms. The van der Waals surface area contributed by atoms with Crippen LogP contribution in [0.3, 0.4) is 0 Å². The Balaban J connectivity index is 2.50. The molecule has 0 amide bonds. The molecule has 1 heterocycles. The highest BCUT2D eigenvalue weighted by molar-refractivity contribution is 7.80. The van der Waals surface area contributed by atoms with Gasteiger partial charge in [0.2, 0.25) is 0 Å². The fourth-order valence-corrected chi connectivity index (χ4v) is 1.78. The first-order valence-electron chi connectivity index (χ1n) is 3.80. The largest absolute Gasteiger partial charge is 0.374 e. The summed E-state index contributed by atoms with van der Waals surface area (Å²) < 4.78 is 0. The molecule has 0 atom stereocenters. The number of benzene rings is 1. The molecule has 11 heavy (non-hydrogen) atoms. The van der Waals surface area contributed by atoms with Crippen LogP contribution in [0.4, 0.5) is 5.69 Å². The van der Waals surface area contributed by atoms with E-state index >= 15 is 0 Å². The molecule has 0 saturated carbocycles. The first-order valence-corrected chi connectivity index (χ1v) is 4.25. The van der Waals surface area contributed by atoms with Crippen LogP contribution in [0.1, 0.15) is 5.56 Å². The van der Waals surface area contributed by atoms with Gasteiger partial charge in [0.1, 0.15) is 0 Å². The molecule has 0 N–H and O–H groups in total. The van der Waals surface area contributed by atoms with Crippen molar-refractivity contribution in [3.05, 3.63) is 23.8 Å². The Morgan fingerprint density at radius 3 is 3.09 bits per heavy atom. The van der Waals surface area contributed by atoms with Crippen LogP contribution in [-0.4, -0.2) is 13.6 Å². The standard InChI is InChI=1S/C9H11NS/c1-10-5-4-7-6-8(11)2-3-9(7)10/h2-3,6,11H,4-5H2,1H3. The van der Waals surface area contributed by atoms with Gasteiger partial charge in [0.15, 0.2) is 0 Å².